The van der Waals surface area contributed by atoms with Crippen LogP contribution >= 0.6 is 0 Å². The molecule has 0 N–H and O–H groups in total. The minimum atomic E-state index is -0.341. The lowest BCUT2D eigenvalue weighted by molar-refractivity contribution is 0.0515. The Hall–Kier alpha value is -3.13. The average Bonchev–Trinajstić information content (AvgIpc) is 3.31. The Morgan fingerprint density at radius 1 is 1.19 bits per heavy atom. The van der Waals surface area contributed by atoms with Gasteiger partial charge in [0.1, 0.15) is 5.75 Å². The number of methoxy groups -OCH3 is 1. The van der Waals surface area contributed by atoms with Crippen molar-refractivity contribution in [2.75, 3.05) is 20.3 Å². The second kappa shape index (κ2) is 9.56. The van der Waals surface area contributed by atoms with Crippen molar-refractivity contribution in [3.05, 3.63) is 64.2 Å². The average molecular weight is 438 g/mol. The summed E-state index contributed by atoms with van der Waals surface area (Å²) in [6.07, 6.45) is 3.75. The second-order valence-corrected chi connectivity index (χ2v) is 8.19. The maximum atomic E-state index is 12.7. The fraction of sp³-hybridized carbons (Fsp3) is 0.458. The monoisotopic (exact) mass is 437 g/mol. The van der Waals surface area contributed by atoms with Crippen LogP contribution in [0.3, 0.4) is 0 Å². The lowest BCUT2D eigenvalue weighted by Crippen LogP contribution is -2.31. The van der Waals surface area contributed by atoms with Gasteiger partial charge in [-0.3, -0.25) is 14.3 Å². The fourth-order valence-electron chi connectivity index (χ4n) is 4.30. The first-order chi connectivity index (χ1) is 15.5. The van der Waals surface area contributed by atoms with E-state index in [4.69, 9.17) is 14.6 Å². The molecular formula is C24H31N5O3. The summed E-state index contributed by atoms with van der Waals surface area (Å²) >= 11 is 0. The fourth-order valence-corrected chi connectivity index (χ4v) is 4.30. The SMILES string of the molecule is CCOC(=O)c1nn(CCc2ccc(OC)cc2)c2c1CN(Cc1cn(C)nc1C)CC2. The molecule has 0 fully saturated rings. The van der Waals surface area contributed by atoms with E-state index >= 15 is 0 Å². The number of ether oxygens (including phenoxy) is 2. The maximum Gasteiger partial charge on any atom is 0.359 e. The number of benzene rings is 1. The number of carbonyl (C=O) groups is 1. The number of carbonyl (C=O) groups excluding carboxylic acids is 1. The van der Waals surface area contributed by atoms with Gasteiger partial charge in [-0.2, -0.15) is 10.2 Å². The molecule has 32 heavy (non-hydrogen) atoms. The number of esters is 1. The van der Waals surface area contributed by atoms with Gasteiger partial charge in [0.25, 0.3) is 0 Å². The Morgan fingerprint density at radius 3 is 2.62 bits per heavy atom. The number of rotatable bonds is 8. The molecule has 4 rings (SSSR count). The molecule has 0 amide bonds. The molecule has 0 bridgehead atoms. The molecule has 3 aromatic rings. The van der Waals surface area contributed by atoms with Crippen molar-refractivity contribution in [2.45, 2.75) is 46.3 Å². The summed E-state index contributed by atoms with van der Waals surface area (Å²) in [5.41, 5.74) is 6.03. The van der Waals surface area contributed by atoms with Crippen LogP contribution in [0, 0.1) is 6.92 Å². The molecule has 170 valence electrons. The minimum Gasteiger partial charge on any atom is -0.497 e. The summed E-state index contributed by atoms with van der Waals surface area (Å²) in [5, 5.41) is 9.15. The van der Waals surface area contributed by atoms with E-state index in [-0.39, 0.29) is 5.97 Å². The van der Waals surface area contributed by atoms with Crippen LogP contribution in [-0.4, -0.2) is 50.7 Å². The Kier molecular flexibility index (Phi) is 6.60. The molecule has 1 aliphatic heterocycles. The number of nitrogens with zero attached hydrogens (tertiary/aromatic N) is 5. The second-order valence-electron chi connectivity index (χ2n) is 8.19. The normalized spacial score (nSPS) is 13.8. The Labute approximate surface area is 188 Å². The van der Waals surface area contributed by atoms with Gasteiger partial charge < -0.3 is 9.47 Å². The zero-order valence-corrected chi connectivity index (χ0v) is 19.3. The molecule has 0 spiro atoms. The van der Waals surface area contributed by atoms with E-state index in [1.165, 1.54) is 11.1 Å². The van der Waals surface area contributed by atoms with E-state index in [1.807, 2.05) is 42.4 Å². The molecule has 0 radical (unpaired) electrons. The van der Waals surface area contributed by atoms with E-state index in [2.05, 4.69) is 28.3 Å². The third-order valence-electron chi connectivity index (χ3n) is 5.96. The summed E-state index contributed by atoms with van der Waals surface area (Å²) in [4.78, 5) is 15.0. The van der Waals surface area contributed by atoms with Crippen LogP contribution in [0.4, 0.5) is 0 Å². The first-order valence-electron chi connectivity index (χ1n) is 11.1. The summed E-state index contributed by atoms with van der Waals surface area (Å²) in [7, 11) is 3.61. The number of hydrogen-bond acceptors (Lipinski definition) is 6. The highest BCUT2D eigenvalue weighted by Crippen LogP contribution is 2.26. The largest absolute Gasteiger partial charge is 0.497 e. The van der Waals surface area contributed by atoms with Crippen molar-refractivity contribution in [1.82, 2.24) is 24.5 Å². The standard InChI is InChI=1S/C24H31N5O3/c1-5-32-24(30)23-21-16-28(15-19-14-27(3)25-17(19)2)12-11-22(21)29(26-23)13-10-18-6-8-20(31-4)9-7-18/h6-9,14H,5,10-13,15-16H2,1-4H3. The molecule has 8 nitrogen and oxygen atoms in total. The first kappa shape index (κ1) is 22.1. The van der Waals surface area contributed by atoms with Gasteiger partial charge in [0.2, 0.25) is 0 Å². The van der Waals surface area contributed by atoms with Crippen LogP contribution in [0.2, 0.25) is 0 Å². The predicted molar refractivity (Wildman–Crippen MR) is 121 cm³/mol. The highest BCUT2D eigenvalue weighted by molar-refractivity contribution is 5.89. The Balaban J connectivity index is 1.54. The summed E-state index contributed by atoms with van der Waals surface area (Å²) in [5.74, 6) is 0.505. The third-order valence-corrected chi connectivity index (χ3v) is 5.96. The molecule has 3 heterocycles. The lowest BCUT2D eigenvalue weighted by atomic mass is 10.0. The van der Waals surface area contributed by atoms with Crippen LogP contribution in [0.25, 0.3) is 0 Å². The third kappa shape index (κ3) is 4.70. The molecule has 0 saturated heterocycles. The summed E-state index contributed by atoms with van der Waals surface area (Å²) < 4.78 is 14.4. The molecule has 0 atom stereocenters. The van der Waals surface area contributed by atoms with Crippen LogP contribution < -0.4 is 4.74 Å². The van der Waals surface area contributed by atoms with Crippen molar-refractivity contribution in [2.24, 2.45) is 7.05 Å². The molecule has 0 aliphatic carbocycles. The molecule has 1 aromatic carbocycles. The highest BCUT2D eigenvalue weighted by Gasteiger charge is 2.29. The number of fused-ring (bicyclic) bond motifs is 1. The van der Waals surface area contributed by atoms with Gasteiger partial charge in [-0.15, -0.1) is 0 Å². The smallest absolute Gasteiger partial charge is 0.359 e. The Bertz CT molecular complexity index is 1080. The zero-order chi connectivity index (χ0) is 22.7. The quantitative estimate of drug-likeness (QED) is 0.505. The first-order valence-corrected chi connectivity index (χ1v) is 11.1. The van der Waals surface area contributed by atoms with Gasteiger partial charge in [0.05, 0.1) is 19.4 Å². The molecule has 1 aliphatic rings. The van der Waals surface area contributed by atoms with E-state index in [1.54, 1.807) is 7.11 Å². The summed E-state index contributed by atoms with van der Waals surface area (Å²) in [6.45, 7) is 7.31. The van der Waals surface area contributed by atoms with E-state index < -0.39 is 0 Å². The van der Waals surface area contributed by atoms with Crippen molar-refractivity contribution >= 4 is 5.97 Å². The highest BCUT2D eigenvalue weighted by atomic mass is 16.5. The van der Waals surface area contributed by atoms with E-state index in [0.717, 1.165) is 55.2 Å². The number of aryl methyl sites for hydroxylation is 4. The number of aromatic nitrogens is 4. The topological polar surface area (TPSA) is 74.4 Å². The molecular weight excluding hydrogens is 406 g/mol. The van der Waals surface area contributed by atoms with Crippen LogP contribution in [0.15, 0.2) is 30.5 Å². The molecule has 0 unspecified atom stereocenters. The van der Waals surface area contributed by atoms with Crippen molar-refractivity contribution in [3.8, 4) is 5.75 Å². The predicted octanol–water partition coefficient (Wildman–Crippen LogP) is 2.91. The lowest BCUT2D eigenvalue weighted by Gasteiger charge is -2.27. The van der Waals surface area contributed by atoms with Crippen LogP contribution in [0.5, 0.6) is 5.75 Å². The van der Waals surface area contributed by atoms with E-state index in [9.17, 15) is 4.79 Å². The van der Waals surface area contributed by atoms with Crippen LogP contribution in [0.1, 0.15) is 45.5 Å². The van der Waals surface area contributed by atoms with Gasteiger partial charge in [0.15, 0.2) is 5.69 Å². The molecule has 8 heteroatoms. The van der Waals surface area contributed by atoms with Crippen LogP contribution in [-0.2, 0) is 44.3 Å². The van der Waals surface area contributed by atoms with Gasteiger partial charge in [0, 0.05) is 62.7 Å². The number of hydrogen-bond donors (Lipinski definition) is 0. The van der Waals surface area contributed by atoms with Gasteiger partial charge in [-0.1, -0.05) is 12.1 Å². The Morgan fingerprint density at radius 2 is 1.97 bits per heavy atom. The van der Waals surface area contributed by atoms with Crippen molar-refractivity contribution in [3.63, 3.8) is 0 Å². The molecule has 0 saturated carbocycles. The van der Waals surface area contributed by atoms with Gasteiger partial charge in [-0.25, -0.2) is 4.79 Å². The van der Waals surface area contributed by atoms with Crippen molar-refractivity contribution in [1.29, 1.82) is 0 Å². The maximum absolute atomic E-state index is 12.7. The van der Waals surface area contributed by atoms with Gasteiger partial charge in [-0.05, 0) is 38.0 Å². The van der Waals surface area contributed by atoms with E-state index in [0.29, 0.717) is 18.8 Å². The molecule has 2 aromatic heterocycles. The van der Waals surface area contributed by atoms with Crippen molar-refractivity contribution < 1.29 is 14.3 Å². The van der Waals surface area contributed by atoms with Gasteiger partial charge >= 0.3 is 5.97 Å². The summed E-state index contributed by atoms with van der Waals surface area (Å²) in [6, 6.07) is 8.07. The minimum absolute atomic E-state index is 0.338. The zero-order valence-electron chi connectivity index (χ0n) is 19.3.